The highest BCUT2D eigenvalue weighted by Gasteiger charge is 2.44. The SMILES string of the molecule is COc1ccccc1O[C@@H]1C[C@@H]2CN(C(=O)CSc3ccccc3)C[C@@H]2C[C@H]1O. The number of fused-ring (bicyclic) bond motifs is 1. The van der Waals surface area contributed by atoms with Crippen molar-refractivity contribution >= 4 is 17.7 Å². The third-order valence-corrected chi connectivity index (χ3v) is 6.89. The van der Waals surface area contributed by atoms with Crippen LogP contribution in [0.4, 0.5) is 0 Å². The van der Waals surface area contributed by atoms with Gasteiger partial charge in [-0.3, -0.25) is 4.79 Å². The predicted octanol–water partition coefficient (Wildman–Crippen LogP) is 3.46. The Morgan fingerprint density at radius 3 is 2.41 bits per heavy atom. The number of benzene rings is 2. The van der Waals surface area contributed by atoms with Gasteiger partial charge in [-0.1, -0.05) is 30.3 Å². The topological polar surface area (TPSA) is 59.0 Å². The monoisotopic (exact) mass is 413 g/mol. The lowest BCUT2D eigenvalue weighted by molar-refractivity contribution is -0.127. The number of ether oxygens (including phenoxy) is 2. The molecule has 1 N–H and O–H groups in total. The zero-order valence-electron chi connectivity index (χ0n) is 16.6. The summed E-state index contributed by atoms with van der Waals surface area (Å²) in [5.41, 5.74) is 0. The number of aliphatic hydroxyl groups excluding tert-OH is 1. The first-order valence-corrected chi connectivity index (χ1v) is 11.1. The molecule has 0 radical (unpaired) electrons. The molecule has 154 valence electrons. The average molecular weight is 414 g/mol. The van der Waals surface area contributed by atoms with Crippen molar-refractivity contribution in [3.05, 3.63) is 54.6 Å². The number of amides is 1. The van der Waals surface area contributed by atoms with Crippen LogP contribution in [0.1, 0.15) is 12.8 Å². The predicted molar refractivity (Wildman–Crippen MR) is 113 cm³/mol. The molecule has 0 unspecified atom stereocenters. The van der Waals surface area contributed by atoms with E-state index < -0.39 is 6.10 Å². The fraction of sp³-hybridized carbons (Fsp3) is 0.435. The average Bonchev–Trinajstić information content (AvgIpc) is 3.16. The minimum Gasteiger partial charge on any atom is -0.493 e. The number of carbonyl (C=O) groups excluding carboxylic acids is 1. The number of carbonyl (C=O) groups is 1. The number of aliphatic hydroxyl groups is 1. The highest BCUT2D eigenvalue weighted by atomic mass is 32.2. The van der Waals surface area contributed by atoms with Gasteiger partial charge in [0.15, 0.2) is 11.5 Å². The zero-order valence-corrected chi connectivity index (χ0v) is 17.4. The Labute approximate surface area is 176 Å². The molecule has 0 bridgehead atoms. The molecule has 0 aromatic heterocycles. The van der Waals surface area contributed by atoms with E-state index >= 15 is 0 Å². The zero-order chi connectivity index (χ0) is 20.2. The molecule has 4 atom stereocenters. The molecule has 29 heavy (non-hydrogen) atoms. The van der Waals surface area contributed by atoms with Crippen LogP contribution < -0.4 is 9.47 Å². The molecule has 2 aromatic carbocycles. The Bertz CT molecular complexity index is 831. The van der Waals surface area contributed by atoms with Gasteiger partial charge in [0.1, 0.15) is 6.10 Å². The molecule has 1 saturated carbocycles. The molecule has 5 nitrogen and oxygen atoms in total. The summed E-state index contributed by atoms with van der Waals surface area (Å²) in [4.78, 5) is 15.8. The van der Waals surface area contributed by atoms with Gasteiger partial charge in [-0.05, 0) is 48.9 Å². The van der Waals surface area contributed by atoms with Gasteiger partial charge >= 0.3 is 0 Å². The lowest BCUT2D eigenvalue weighted by Gasteiger charge is -2.35. The fourth-order valence-electron chi connectivity index (χ4n) is 4.35. The number of thioether (sulfide) groups is 1. The lowest BCUT2D eigenvalue weighted by Crippen LogP contribution is -2.42. The van der Waals surface area contributed by atoms with E-state index in [1.807, 2.05) is 59.5 Å². The van der Waals surface area contributed by atoms with Gasteiger partial charge < -0.3 is 19.5 Å². The largest absolute Gasteiger partial charge is 0.493 e. The minimum absolute atomic E-state index is 0.171. The van der Waals surface area contributed by atoms with Crippen LogP contribution in [-0.2, 0) is 4.79 Å². The van der Waals surface area contributed by atoms with Gasteiger partial charge in [0.05, 0.1) is 19.0 Å². The molecule has 1 amide bonds. The van der Waals surface area contributed by atoms with Crippen molar-refractivity contribution in [2.45, 2.75) is 29.9 Å². The van der Waals surface area contributed by atoms with Crippen LogP contribution in [0.2, 0.25) is 0 Å². The number of para-hydroxylation sites is 2. The molecular weight excluding hydrogens is 386 g/mol. The van der Waals surface area contributed by atoms with Crippen LogP contribution in [0.15, 0.2) is 59.5 Å². The summed E-state index contributed by atoms with van der Waals surface area (Å²) in [6, 6.07) is 17.5. The van der Waals surface area contributed by atoms with Gasteiger partial charge in [0, 0.05) is 18.0 Å². The Morgan fingerprint density at radius 1 is 1.03 bits per heavy atom. The third-order valence-electron chi connectivity index (χ3n) is 5.89. The van der Waals surface area contributed by atoms with Gasteiger partial charge in [-0.2, -0.15) is 0 Å². The van der Waals surface area contributed by atoms with Crippen molar-refractivity contribution in [1.29, 1.82) is 0 Å². The van der Waals surface area contributed by atoms with Crippen LogP contribution in [0.3, 0.4) is 0 Å². The van der Waals surface area contributed by atoms with Crippen molar-refractivity contribution < 1.29 is 19.4 Å². The van der Waals surface area contributed by atoms with Gasteiger partial charge in [0.25, 0.3) is 0 Å². The van der Waals surface area contributed by atoms with Crippen LogP contribution >= 0.6 is 11.8 Å². The maximum absolute atomic E-state index is 12.7. The van der Waals surface area contributed by atoms with Crippen LogP contribution in [-0.4, -0.2) is 54.1 Å². The quantitative estimate of drug-likeness (QED) is 0.735. The fourth-order valence-corrected chi connectivity index (χ4v) is 5.18. The summed E-state index contributed by atoms with van der Waals surface area (Å²) in [5, 5.41) is 10.6. The van der Waals surface area contributed by atoms with Gasteiger partial charge in [-0.15, -0.1) is 11.8 Å². The van der Waals surface area contributed by atoms with E-state index in [1.54, 1.807) is 18.9 Å². The summed E-state index contributed by atoms with van der Waals surface area (Å²) < 4.78 is 11.5. The Kier molecular flexibility index (Phi) is 6.31. The van der Waals surface area contributed by atoms with E-state index in [2.05, 4.69) is 0 Å². The number of methoxy groups -OCH3 is 1. The molecule has 2 aliphatic rings. The molecule has 2 fully saturated rings. The minimum atomic E-state index is -0.532. The standard InChI is InChI=1S/C23H27NO4S/c1-27-20-9-5-6-10-21(20)28-22-12-17-14-24(13-16(17)11-19(22)25)23(26)15-29-18-7-3-2-4-8-18/h2-10,16-17,19,22,25H,11-15H2,1H3/t16-,17+,19+,22+/m0/s1. The van der Waals surface area contributed by atoms with Crippen molar-refractivity contribution in [3.8, 4) is 11.5 Å². The molecule has 6 heteroatoms. The van der Waals surface area contributed by atoms with Crippen molar-refractivity contribution in [1.82, 2.24) is 4.90 Å². The lowest BCUT2D eigenvalue weighted by atomic mass is 9.78. The molecule has 2 aromatic rings. The highest BCUT2D eigenvalue weighted by molar-refractivity contribution is 8.00. The van der Waals surface area contributed by atoms with Gasteiger partial charge in [0.2, 0.25) is 5.91 Å². The molecule has 4 rings (SSSR count). The number of hydrogen-bond donors (Lipinski definition) is 1. The van der Waals surface area contributed by atoms with Crippen LogP contribution in [0.5, 0.6) is 11.5 Å². The normalized spacial score (nSPS) is 26.1. The second-order valence-electron chi connectivity index (χ2n) is 7.77. The molecule has 1 saturated heterocycles. The van der Waals surface area contributed by atoms with E-state index in [9.17, 15) is 9.90 Å². The molecular formula is C23H27NO4S. The summed E-state index contributed by atoms with van der Waals surface area (Å²) in [7, 11) is 1.61. The Hall–Kier alpha value is -2.18. The Balaban J connectivity index is 1.34. The first-order valence-electron chi connectivity index (χ1n) is 10.1. The maximum Gasteiger partial charge on any atom is 0.232 e. The number of nitrogens with zero attached hydrogens (tertiary/aromatic N) is 1. The van der Waals surface area contributed by atoms with Crippen molar-refractivity contribution in [3.63, 3.8) is 0 Å². The second-order valence-corrected chi connectivity index (χ2v) is 8.82. The highest BCUT2D eigenvalue weighted by Crippen LogP contribution is 2.39. The molecule has 1 heterocycles. The van der Waals surface area contributed by atoms with Gasteiger partial charge in [-0.25, -0.2) is 0 Å². The Morgan fingerprint density at radius 2 is 1.69 bits per heavy atom. The summed E-state index contributed by atoms with van der Waals surface area (Å²) in [6.07, 6.45) is 0.607. The summed E-state index contributed by atoms with van der Waals surface area (Å²) in [6.45, 7) is 1.48. The molecule has 0 spiro atoms. The summed E-state index contributed by atoms with van der Waals surface area (Å²) in [5.74, 6) is 2.65. The van der Waals surface area contributed by atoms with Crippen molar-refractivity contribution in [2.24, 2.45) is 11.8 Å². The number of rotatable bonds is 6. The van der Waals surface area contributed by atoms with Crippen LogP contribution in [0.25, 0.3) is 0 Å². The second kappa shape index (κ2) is 9.09. The number of hydrogen-bond acceptors (Lipinski definition) is 5. The van der Waals surface area contributed by atoms with E-state index in [0.717, 1.165) is 24.4 Å². The first-order chi connectivity index (χ1) is 14.1. The van der Waals surface area contributed by atoms with E-state index in [1.165, 1.54) is 0 Å². The third kappa shape index (κ3) is 4.70. The van der Waals surface area contributed by atoms with Crippen LogP contribution in [0, 0.1) is 11.8 Å². The van der Waals surface area contributed by atoms with Crippen molar-refractivity contribution in [2.75, 3.05) is 26.0 Å². The molecule has 1 aliphatic carbocycles. The van der Waals surface area contributed by atoms with E-state index in [-0.39, 0.29) is 12.0 Å². The van der Waals surface area contributed by atoms with E-state index in [0.29, 0.717) is 35.5 Å². The van der Waals surface area contributed by atoms with E-state index in [4.69, 9.17) is 9.47 Å². The smallest absolute Gasteiger partial charge is 0.232 e. The number of likely N-dealkylation sites (tertiary alicyclic amines) is 1. The maximum atomic E-state index is 12.7. The summed E-state index contributed by atoms with van der Waals surface area (Å²) >= 11 is 1.58. The molecule has 1 aliphatic heterocycles. The first kappa shape index (κ1) is 20.1.